The number of sulfonamides is 1. The zero-order valence-corrected chi connectivity index (χ0v) is 15.3. The van der Waals surface area contributed by atoms with Crippen molar-refractivity contribution in [3.05, 3.63) is 54.2 Å². The molecule has 1 unspecified atom stereocenters. The van der Waals surface area contributed by atoms with Gasteiger partial charge < -0.3 is 10.6 Å². The van der Waals surface area contributed by atoms with Gasteiger partial charge in [0.2, 0.25) is 15.9 Å². The van der Waals surface area contributed by atoms with E-state index in [2.05, 4.69) is 20.3 Å². The van der Waals surface area contributed by atoms with Crippen molar-refractivity contribution >= 4 is 21.7 Å². The van der Waals surface area contributed by atoms with Crippen molar-refractivity contribution in [2.24, 2.45) is 5.92 Å². The van der Waals surface area contributed by atoms with E-state index < -0.39 is 10.0 Å². The number of rotatable bonds is 6. The standard InChI is InChI=1S/C18H22N4O3S/c1-13(14-5-3-2-4-6-14)22-26(24,25)16-7-8-17(20-12-16)21-18(23)15-9-10-19-11-15/h2-8,12-13,15,19,22H,9-11H2,1H3,(H,20,21,23)/t13?,15-/m0/s1. The van der Waals surface area contributed by atoms with Gasteiger partial charge in [-0.25, -0.2) is 18.1 Å². The maximum atomic E-state index is 12.5. The van der Waals surface area contributed by atoms with Crippen LogP contribution >= 0.6 is 0 Å². The van der Waals surface area contributed by atoms with E-state index in [1.165, 1.54) is 18.3 Å². The van der Waals surface area contributed by atoms with E-state index >= 15 is 0 Å². The molecule has 0 bridgehead atoms. The number of hydrogen-bond donors (Lipinski definition) is 3. The van der Waals surface area contributed by atoms with E-state index in [0.717, 1.165) is 18.5 Å². The lowest BCUT2D eigenvalue weighted by Crippen LogP contribution is -2.27. The average Bonchev–Trinajstić information content (AvgIpc) is 3.17. The highest BCUT2D eigenvalue weighted by atomic mass is 32.2. The highest BCUT2D eigenvalue weighted by Gasteiger charge is 2.23. The average molecular weight is 374 g/mol. The minimum absolute atomic E-state index is 0.0563. The predicted molar refractivity (Wildman–Crippen MR) is 99.0 cm³/mol. The highest BCUT2D eigenvalue weighted by Crippen LogP contribution is 2.18. The van der Waals surface area contributed by atoms with Crippen molar-refractivity contribution in [2.75, 3.05) is 18.4 Å². The Balaban J connectivity index is 1.65. The summed E-state index contributed by atoms with van der Waals surface area (Å²) < 4.78 is 27.7. The van der Waals surface area contributed by atoms with Crippen LogP contribution in [0.15, 0.2) is 53.6 Å². The Labute approximate surface area is 153 Å². The molecule has 3 N–H and O–H groups in total. The minimum Gasteiger partial charge on any atom is -0.316 e. The summed E-state index contributed by atoms with van der Waals surface area (Å²) in [5.74, 6) is 0.166. The molecule has 1 fully saturated rings. The predicted octanol–water partition coefficient (Wildman–Crippen LogP) is 1.67. The molecule has 26 heavy (non-hydrogen) atoms. The number of nitrogens with zero attached hydrogens (tertiary/aromatic N) is 1. The van der Waals surface area contributed by atoms with Crippen LogP contribution in [0.5, 0.6) is 0 Å². The molecule has 0 saturated carbocycles. The van der Waals surface area contributed by atoms with Gasteiger partial charge in [0, 0.05) is 18.8 Å². The Morgan fingerprint density at radius 1 is 1.23 bits per heavy atom. The van der Waals surface area contributed by atoms with Gasteiger partial charge in [-0.05, 0) is 37.6 Å². The Morgan fingerprint density at radius 3 is 2.62 bits per heavy atom. The zero-order valence-electron chi connectivity index (χ0n) is 14.5. The second-order valence-corrected chi connectivity index (χ2v) is 8.03. The smallest absolute Gasteiger partial charge is 0.242 e. The number of anilines is 1. The summed E-state index contributed by atoms with van der Waals surface area (Å²) in [7, 11) is -3.70. The lowest BCUT2D eigenvalue weighted by atomic mass is 10.1. The molecule has 1 aromatic heterocycles. The van der Waals surface area contributed by atoms with E-state index in [0.29, 0.717) is 12.4 Å². The second-order valence-electron chi connectivity index (χ2n) is 6.31. The molecule has 0 spiro atoms. The molecule has 1 aliphatic heterocycles. The van der Waals surface area contributed by atoms with Crippen LogP contribution in [0, 0.1) is 5.92 Å². The summed E-state index contributed by atoms with van der Waals surface area (Å²) in [4.78, 5) is 16.2. The van der Waals surface area contributed by atoms with Gasteiger partial charge >= 0.3 is 0 Å². The fraction of sp³-hybridized carbons (Fsp3) is 0.333. The molecule has 0 radical (unpaired) electrons. The van der Waals surface area contributed by atoms with Crippen molar-refractivity contribution in [1.82, 2.24) is 15.0 Å². The van der Waals surface area contributed by atoms with Gasteiger partial charge in [-0.1, -0.05) is 30.3 Å². The molecule has 138 valence electrons. The number of carbonyl (C=O) groups is 1. The first-order chi connectivity index (χ1) is 12.5. The summed E-state index contributed by atoms with van der Waals surface area (Å²) in [6, 6.07) is 11.9. The minimum atomic E-state index is -3.70. The quantitative estimate of drug-likeness (QED) is 0.714. The van der Waals surface area contributed by atoms with Crippen molar-refractivity contribution in [3.8, 4) is 0 Å². The van der Waals surface area contributed by atoms with Crippen LogP contribution in [0.2, 0.25) is 0 Å². The SMILES string of the molecule is CC(NS(=O)(=O)c1ccc(NC(=O)[C@H]2CCNC2)nc1)c1ccccc1. The lowest BCUT2D eigenvalue weighted by molar-refractivity contribution is -0.119. The van der Waals surface area contributed by atoms with Crippen LogP contribution in [0.1, 0.15) is 24.9 Å². The fourth-order valence-electron chi connectivity index (χ4n) is 2.83. The van der Waals surface area contributed by atoms with Crippen LogP contribution in [-0.4, -0.2) is 32.4 Å². The van der Waals surface area contributed by atoms with Crippen LogP contribution in [0.25, 0.3) is 0 Å². The Kier molecular flexibility index (Phi) is 5.65. The summed E-state index contributed by atoms with van der Waals surface area (Å²) in [6.07, 6.45) is 2.04. The van der Waals surface area contributed by atoms with Crippen LogP contribution in [0.3, 0.4) is 0 Å². The van der Waals surface area contributed by atoms with Gasteiger partial charge in [0.1, 0.15) is 10.7 Å². The second kappa shape index (κ2) is 7.94. The first-order valence-electron chi connectivity index (χ1n) is 8.50. The fourth-order valence-corrected chi connectivity index (χ4v) is 4.01. The number of hydrogen-bond acceptors (Lipinski definition) is 5. The van der Waals surface area contributed by atoms with Crippen LogP contribution in [-0.2, 0) is 14.8 Å². The van der Waals surface area contributed by atoms with Gasteiger partial charge in [0.15, 0.2) is 0 Å². The van der Waals surface area contributed by atoms with Gasteiger partial charge in [0.05, 0.1) is 5.92 Å². The molecule has 2 aromatic rings. The molecule has 2 atom stereocenters. The number of benzene rings is 1. The normalized spacial score (nSPS) is 18.4. The molecule has 2 heterocycles. The zero-order chi connectivity index (χ0) is 18.6. The largest absolute Gasteiger partial charge is 0.316 e. The van der Waals surface area contributed by atoms with E-state index in [-0.39, 0.29) is 22.8 Å². The van der Waals surface area contributed by atoms with Gasteiger partial charge in [-0.2, -0.15) is 0 Å². The van der Waals surface area contributed by atoms with Crippen molar-refractivity contribution in [1.29, 1.82) is 0 Å². The summed E-state index contributed by atoms with van der Waals surface area (Å²) in [5.41, 5.74) is 0.873. The molecule has 1 aromatic carbocycles. The van der Waals surface area contributed by atoms with E-state index in [1.807, 2.05) is 30.3 Å². The number of aromatic nitrogens is 1. The third kappa shape index (κ3) is 4.46. The number of pyridine rings is 1. The molecule has 8 heteroatoms. The van der Waals surface area contributed by atoms with Crippen molar-refractivity contribution < 1.29 is 13.2 Å². The molecular weight excluding hydrogens is 352 g/mol. The maximum Gasteiger partial charge on any atom is 0.242 e. The Bertz CT molecular complexity index is 848. The molecule has 3 rings (SSSR count). The summed E-state index contributed by atoms with van der Waals surface area (Å²) in [5, 5.41) is 5.85. The highest BCUT2D eigenvalue weighted by molar-refractivity contribution is 7.89. The van der Waals surface area contributed by atoms with Crippen LogP contribution in [0.4, 0.5) is 5.82 Å². The lowest BCUT2D eigenvalue weighted by Gasteiger charge is -2.15. The van der Waals surface area contributed by atoms with Crippen molar-refractivity contribution in [3.63, 3.8) is 0 Å². The molecule has 1 aliphatic rings. The van der Waals surface area contributed by atoms with Gasteiger partial charge in [-0.3, -0.25) is 4.79 Å². The molecular formula is C18H22N4O3S. The number of carbonyl (C=O) groups excluding carboxylic acids is 1. The van der Waals surface area contributed by atoms with E-state index in [9.17, 15) is 13.2 Å². The monoisotopic (exact) mass is 374 g/mol. The van der Waals surface area contributed by atoms with Crippen molar-refractivity contribution in [2.45, 2.75) is 24.3 Å². The summed E-state index contributed by atoms with van der Waals surface area (Å²) in [6.45, 7) is 3.26. The Morgan fingerprint density at radius 2 is 2.00 bits per heavy atom. The van der Waals surface area contributed by atoms with Gasteiger partial charge in [-0.15, -0.1) is 0 Å². The topological polar surface area (TPSA) is 100 Å². The van der Waals surface area contributed by atoms with Gasteiger partial charge in [0.25, 0.3) is 0 Å². The first kappa shape index (κ1) is 18.5. The number of nitrogens with one attached hydrogen (secondary N) is 3. The number of amides is 1. The third-order valence-corrected chi connectivity index (χ3v) is 5.89. The molecule has 1 amide bonds. The summed E-state index contributed by atoms with van der Waals surface area (Å²) >= 11 is 0. The van der Waals surface area contributed by atoms with E-state index in [4.69, 9.17) is 0 Å². The first-order valence-corrected chi connectivity index (χ1v) is 9.99. The molecule has 7 nitrogen and oxygen atoms in total. The van der Waals surface area contributed by atoms with E-state index in [1.54, 1.807) is 6.92 Å². The third-order valence-electron chi connectivity index (χ3n) is 4.36. The maximum absolute atomic E-state index is 12.5. The molecule has 0 aliphatic carbocycles. The molecule has 1 saturated heterocycles. The van der Waals surface area contributed by atoms with Crippen LogP contribution < -0.4 is 15.4 Å². The Hall–Kier alpha value is -2.29.